The first-order valence-corrected chi connectivity index (χ1v) is 20.2. The van der Waals surface area contributed by atoms with Gasteiger partial charge in [-0.3, -0.25) is 19.1 Å². The van der Waals surface area contributed by atoms with Crippen LogP contribution in [0.15, 0.2) is 164 Å². The van der Waals surface area contributed by atoms with E-state index in [1.165, 1.54) is 55.4 Å². The molecule has 4 aliphatic rings. The van der Waals surface area contributed by atoms with E-state index in [9.17, 15) is 0 Å². The van der Waals surface area contributed by atoms with Gasteiger partial charge in [-0.1, -0.05) is 78.9 Å². The second kappa shape index (κ2) is 11.4. The monoisotopic (exact) mass is 751 g/mol. The minimum Gasteiger partial charge on any atom is -0.313 e. The molecule has 0 fully saturated rings. The number of pyridine rings is 2. The average Bonchev–Trinajstić information content (AvgIpc) is 3.88. The van der Waals surface area contributed by atoms with E-state index in [2.05, 4.69) is 147 Å². The highest BCUT2D eigenvalue weighted by atomic mass is 15.2. The molecular weight excluding hydrogens is 721 g/mol. The summed E-state index contributed by atoms with van der Waals surface area (Å²) in [6.07, 6.45) is 14.9. The first-order chi connectivity index (χ1) is 29.3. The second-order valence-corrected chi connectivity index (χ2v) is 15.9. The Morgan fingerprint density at radius 3 is 2.34 bits per heavy atom. The van der Waals surface area contributed by atoms with E-state index in [0.717, 1.165) is 62.4 Å². The number of benzene rings is 4. The Hall–Kier alpha value is -7.80. The molecule has 8 heteroatoms. The van der Waals surface area contributed by atoms with Crippen LogP contribution in [0.25, 0.3) is 84.2 Å². The van der Waals surface area contributed by atoms with Crippen LogP contribution in [0.3, 0.4) is 0 Å². The van der Waals surface area contributed by atoms with Crippen molar-refractivity contribution in [3.05, 3.63) is 192 Å². The summed E-state index contributed by atoms with van der Waals surface area (Å²) in [5.74, 6) is 0.792. The molecule has 0 bridgehead atoms. The van der Waals surface area contributed by atoms with Gasteiger partial charge in [-0.15, -0.1) is 5.73 Å². The highest BCUT2D eigenvalue weighted by Gasteiger charge is 2.46. The molecule has 8 heterocycles. The number of nitrogens with zero attached hydrogens (tertiary/aromatic N) is 7. The van der Waals surface area contributed by atoms with Crippen molar-refractivity contribution in [2.45, 2.75) is 12.3 Å². The van der Waals surface area contributed by atoms with Gasteiger partial charge in [0.25, 0.3) is 6.71 Å². The van der Waals surface area contributed by atoms with Crippen LogP contribution in [-0.2, 0) is 6.42 Å². The van der Waals surface area contributed by atoms with E-state index >= 15 is 0 Å². The Bertz CT molecular complexity index is 3570. The first kappa shape index (κ1) is 31.3. The molecule has 1 unspecified atom stereocenters. The molecule has 14 rings (SSSR count). The van der Waals surface area contributed by atoms with Gasteiger partial charge < -0.3 is 4.57 Å². The lowest BCUT2D eigenvalue weighted by molar-refractivity contribution is 0.742. The molecule has 7 nitrogen and oxygen atoms in total. The summed E-state index contributed by atoms with van der Waals surface area (Å²) in [7, 11) is 0. The van der Waals surface area contributed by atoms with Crippen molar-refractivity contribution in [1.29, 1.82) is 0 Å². The number of rotatable bonds is 3. The highest BCUT2D eigenvalue weighted by molar-refractivity contribution is 7.03. The van der Waals surface area contributed by atoms with Crippen LogP contribution in [0, 0.1) is 0 Å². The number of hydrogen-bond donors (Lipinski definition) is 0. The van der Waals surface area contributed by atoms with Crippen molar-refractivity contribution in [3.63, 3.8) is 0 Å². The molecule has 2 aliphatic heterocycles. The van der Waals surface area contributed by atoms with Gasteiger partial charge in [-0.25, -0.2) is 9.97 Å². The molecular formula is C51H30BN7. The van der Waals surface area contributed by atoms with E-state index in [-0.39, 0.29) is 12.6 Å². The third kappa shape index (κ3) is 3.98. The molecule has 272 valence electrons. The van der Waals surface area contributed by atoms with Gasteiger partial charge >= 0.3 is 0 Å². The molecule has 6 aromatic heterocycles. The van der Waals surface area contributed by atoms with E-state index in [0.29, 0.717) is 5.82 Å². The van der Waals surface area contributed by atoms with Gasteiger partial charge in [-0.2, -0.15) is 0 Å². The summed E-state index contributed by atoms with van der Waals surface area (Å²) in [4.78, 5) is 20.0. The maximum absolute atomic E-state index is 5.13. The number of allylic oxidation sites excluding steroid dienone is 2. The smallest absolute Gasteiger partial charge is 0.252 e. The molecule has 0 saturated heterocycles. The van der Waals surface area contributed by atoms with Crippen molar-refractivity contribution in [2.24, 2.45) is 0 Å². The normalized spacial score (nSPS) is 15.2. The summed E-state index contributed by atoms with van der Waals surface area (Å²) >= 11 is 0. The molecule has 10 aromatic rings. The number of para-hydroxylation sites is 2. The number of fused-ring (bicyclic) bond motifs is 14. The second-order valence-electron chi connectivity index (χ2n) is 15.9. The van der Waals surface area contributed by atoms with Crippen LogP contribution < -0.4 is 10.9 Å². The summed E-state index contributed by atoms with van der Waals surface area (Å²) in [5.41, 5.74) is 24.4. The van der Waals surface area contributed by atoms with E-state index in [1.807, 2.05) is 36.9 Å². The maximum atomic E-state index is 5.13. The molecule has 59 heavy (non-hydrogen) atoms. The summed E-state index contributed by atoms with van der Waals surface area (Å²) in [6.45, 7) is -0.0594. The van der Waals surface area contributed by atoms with Gasteiger partial charge in [0.15, 0.2) is 5.82 Å². The lowest BCUT2D eigenvalue weighted by atomic mass is 9.33. The quantitative estimate of drug-likeness (QED) is 0.134. The summed E-state index contributed by atoms with van der Waals surface area (Å²) < 4.78 is 7.50. The van der Waals surface area contributed by atoms with E-state index < -0.39 is 0 Å². The predicted octanol–water partition coefficient (Wildman–Crippen LogP) is 9.16. The Kier molecular flexibility index (Phi) is 6.06. The van der Waals surface area contributed by atoms with Crippen LogP contribution in [-0.4, -0.2) is 40.3 Å². The van der Waals surface area contributed by atoms with Crippen molar-refractivity contribution < 1.29 is 0 Å². The van der Waals surface area contributed by atoms with Crippen LogP contribution in [0.4, 0.5) is 0 Å². The van der Waals surface area contributed by atoms with Crippen molar-refractivity contribution in [1.82, 2.24) is 33.6 Å². The van der Waals surface area contributed by atoms with Gasteiger partial charge in [-0.05, 0) is 94.6 Å². The zero-order valence-electron chi connectivity index (χ0n) is 31.6. The third-order valence-corrected chi connectivity index (χ3v) is 13.0. The zero-order chi connectivity index (χ0) is 38.3. The molecule has 0 amide bonds. The maximum Gasteiger partial charge on any atom is 0.252 e. The molecule has 0 saturated carbocycles. The SMILES string of the molecule is C1=CC=C2B3c4c(cc(-c5ncccn5)cc4-n4c2c(c2c5ncccc5n(-c5ccccc5)c24)C=1)-n1c2c(c4cccc3c41)-c1ncccc1CC2c1ccccc1. The van der Waals surface area contributed by atoms with Crippen molar-refractivity contribution in [2.75, 3.05) is 0 Å². The van der Waals surface area contributed by atoms with Gasteiger partial charge in [0.2, 0.25) is 0 Å². The van der Waals surface area contributed by atoms with Crippen LogP contribution in [0.1, 0.15) is 34.0 Å². The fourth-order valence-corrected chi connectivity index (χ4v) is 10.9. The molecule has 0 spiro atoms. The minimum atomic E-state index is -0.0594. The van der Waals surface area contributed by atoms with Crippen LogP contribution >= 0.6 is 0 Å². The molecule has 4 aromatic carbocycles. The first-order valence-electron chi connectivity index (χ1n) is 20.2. The molecule has 0 N–H and O–H groups in total. The van der Waals surface area contributed by atoms with Crippen LogP contribution in [0.2, 0.25) is 0 Å². The standard InChI is InChI=1S/C51H30BN7/c1-3-13-30(14-4-1)36-27-31-15-10-23-53-45(31)42-34-19-9-21-38-47(34)58(49(36)42)40-28-32(50-55-25-12-26-56-50)29-41-44(40)52(38)37-20-8-7-18-35-43-46-39(22-11-24-54-46)57(33-16-5-2-6-17-33)51(43)59(41)48(35)37/h1-6,8-26,28-29,36H,27H2. The third-order valence-electron chi connectivity index (χ3n) is 13.0. The Labute approximate surface area is 338 Å². The number of hydrogen-bond acceptors (Lipinski definition) is 4. The Morgan fingerprint density at radius 2 is 1.47 bits per heavy atom. The van der Waals surface area contributed by atoms with Gasteiger partial charge in [0.05, 0.1) is 27.8 Å². The van der Waals surface area contributed by atoms with Gasteiger partial charge in [0.1, 0.15) is 5.65 Å². The predicted molar refractivity (Wildman–Crippen MR) is 237 cm³/mol. The molecule has 2 aliphatic carbocycles. The van der Waals surface area contributed by atoms with Crippen LogP contribution in [0.5, 0.6) is 0 Å². The zero-order valence-corrected chi connectivity index (χ0v) is 31.6. The highest BCUT2D eigenvalue weighted by Crippen LogP contribution is 2.51. The lowest BCUT2D eigenvalue weighted by Gasteiger charge is -2.37. The lowest BCUT2D eigenvalue weighted by Crippen LogP contribution is -2.53. The minimum absolute atomic E-state index is 0.0594. The number of aromatic nitrogens is 7. The fourth-order valence-electron chi connectivity index (χ4n) is 10.9. The van der Waals surface area contributed by atoms with Crippen molar-refractivity contribution in [3.8, 4) is 39.7 Å². The topological polar surface area (TPSA) is 66.3 Å². The summed E-state index contributed by atoms with van der Waals surface area (Å²) in [5, 5.41) is 2.34. The molecule has 0 radical (unpaired) electrons. The molecule has 1 atom stereocenters. The van der Waals surface area contributed by atoms with Gasteiger partial charge in [0, 0.05) is 81.1 Å². The largest absolute Gasteiger partial charge is 0.313 e. The fraction of sp³-hybridized carbons (Fsp3) is 0.0392. The van der Waals surface area contributed by atoms with E-state index in [1.54, 1.807) is 0 Å². The Morgan fingerprint density at radius 1 is 0.695 bits per heavy atom. The average molecular weight is 752 g/mol. The summed E-state index contributed by atoms with van der Waals surface area (Å²) in [6, 6.07) is 43.7. The Balaban J connectivity index is 1.20. The van der Waals surface area contributed by atoms with Crippen molar-refractivity contribution >= 4 is 62.2 Å². The van der Waals surface area contributed by atoms with E-state index in [4.69, 9.17) is 19.9 Å².